The molecule has 1 atom stereocenters. The van der Waals surface area contributed by atoms with E-state index in [1.165, 1.54) is 16.9 Å². The molecule has 5 nitrogen and oxygen atoms in total. The lowest BCUT2D eigenvalue weighted by Crippen LogP contribution is -2.31. The minimum atomic E-state index is -0.255. The number of anilines is 1. The van der Waals surface area contributed by atoms with Crippen LogP contribution in [0.1, 0.15) is 18.4 Å². The van der Waals surface area contributed by atoms with Crippen molar-refractivity contribution in [3.8, 4) is 0 Å². The second-order valence-corrected chi connectivity index (χ2v) is 4.72. The van der Waals surface area contributed by atoms with Gasteiger partial charge in [-0.25, -0.2) is 4.79 Å². The number of nitrogens with zero attached hydrogens (tertiary/aromatic N) is 2. The molecule has 1 heterocycles. The van der Waals surface area contributed by atoms with E-state index in [1.807, 2.05) is 18.2 Å². The smallest absolute Gasteiger partial charge is 0.321 e. The first-order valence-corrected chi connectivity index (χ1v) is 6.49. The van der Waals surface area contributed by atoms with Crippen LogP contribution in [0.15, 0.2) is 35.8 Å². The van der Waals surface area contributed by atoms with Crippen LogP contribution < -0.4 is 10.6 Å². The van der Waals surface area contributed by atoms with Gasteiger partial charge in [0, 0.05) is 6.54 Å². The Kier molecular flexibility index (Phi) is 4.25. The van der Waals surface area contributed by atoms with Crippen LogP contribution in [-0.2, 0) is 0 Å². The third-order valence-electron chi connectivity index (χ3n) is 2.52. The summed E-state index contributed by atoms with van der Waals surface area (Å²) in [5.74, 6) is 0.270. The lowest BCUT2D eigenvalue weighted by Gasteiger charge is -2.12. The molecular formula is C12H14N4OS. The number of rotatable bonds is 4. The van der Waals surface area contributed by atoms with Gasteiger partial charge in [0.05, 0.1) is 0 Å². The zero-order valence-electron chi connectivity index (χ0n) is 9.96. The highest BCUT2D eigenvalue weighted by Gasteiger charge is 2.08. The van der Waals surface area contributed by atoms with Gasteiger partial charge in [-0.3, -0.25) is 5.32 Å². The molecule has 1 aromatic carbocycles. The van der Waals surface area contributed by atoms with E-state index in [0.717, 1.165) is 0 Å². The average Bonchev–Trinajstić information content (AvgIpc) is 2.90. The molecule has 0 spiro atoms. The van der Waals surface area contributed by atoms with Gasteiger partial charge >= 0.3 is 6.03 Å². The molecule has 6 heteroatoms. The Morgan fingerprint density at radius 3 is 2.83 bits per heavy atom. The zero-order valence-corrected chi connectivity index (χ0v) is 10.8. The maximum Gasteiger partial charge on any atom is 0.321 e. The van der Waals surface area contributed by atoms with Crippen molar-refractivity contribution >= 4 is 22.5 Å². The van der Waals surface area contributed by atoms with E-state index < -0.39 is 0 Å². The number of carbonyl (C=O) groups is 1. The van der Waals surface area contributed by atoms with Crippen molar-refractivity contribution in [3.05, 3.63) is 41.4 Å². The van der Waals surface area contributed by atoms with Gasteiger partial charge in [-0.15, -0.1) is 10.2 Å². The van der Waals surface area contributed by atoms with Crippen LogP contribution in [0.3, 0.4) is 0 Å². The Bertz CT molecular complexity index is 486. The van der Waals surface area contributed by atoms with Crippen molar-refractivity contribution in [2.45, 2.75) is 12.8 Å². The molecule has 0 radical (unpaired) electrons. The first kappa shape index (κ1) is 12.5. The van der Waals surface area contributed by atoms with E-state index in [9.17, 15) is 4.79 Å². The maximum absolute atomic E-state index is 11.6. The predicted molar refractivity (Wildman–Crippen MR) is 71.8 cm³/mol. The molecule has 2 aromatic rings. The molecule has 1 aromatic heterocycles. The van der Waals surface area contributed by atoms with Gasteiger partial charge in [-0.2, -0.15) is 0 Å². The number of carbonyl (C=O) groups excluding carboxylic acids is 1. The molecule has 0 aliphatic carbocycles. The van der Waals surface area contributed by atoms with Crippen LogP contribution in [0.25, 0.3) is 0 Å². The Morgan fingerprint density at radius 2 is 2.17 bits per heavy atom. The fourth-order valence-electron chi connectivity index (χ4n) is 1.51. The number of urea groups is 1. The van der Waals surface area contributed by atoms with Crippen LogP contribution in [0.4, 0.5) is 9.93 Å². The molecule has 0 aliphatic rings. The van der Waals surface area contributed by atoms with Crippen molar-refractivity contribution in [2.75, 3.05) is 11.9 Å². The summed E-state index contributed by atoms with van der Waals surface area (Å²) < 4.78 is 0. The lowest BCUT2D eigenvalue weighted by molar-refractivity contribution is 0.251. The van der Waals surface area contributed by atoms with Crippen molar-refractivity contribution in [3.63, 3.8) is 0 Å². The minimum absolute atomic E-state index is 0.255. The van der Waals surface area contributed by atoms with Crippen LogP contribution in [0.5, 0.6) is 0 Å². The molecule has 2 rings (SSSR count). The topological polar surface area (TPSA) is 66.9 Å². The normalized spacial score (nSPS) is 11.8. The summed E-state index contributed by atoms with van der Waals surface area (Å²) in [6, 6.07) is 9.81. The van der Waals surface area contributed by atoms with E-state index in [2.05, 4.69) is 39.9 Å². The Labute approximate surface area is 109 Å². The van der Waals surface area contributed by atoms with Crippen molar-refractivity contribution in [2.24, 2.45) is 0 Å². The SMILES string of the molecule is CC(CNC(=O)Nc1nncs1)c1ccccc1. The van der Waals surface area contributed by atoms with Gasteiger partial charge in [-0.1, -0.05) is 48.6 Å². The number of aromatic nitrogens is 2. The molecule has 0 saturated carbocycles. The number of benzene rings is 1. The summed E-state index contributed by atoms with van der Waals surface area (Å²) in [7, 11) is 0. The molecule has 0 bridgehead atoms. The van der Waals surface area contributed by atoms with Crippen LogP contribution in [0, 0.1) is 0 Å². The zero-order chi connectivity index (χ0) is 12.8. The van der Waals surface area contributed by atoms with Crippen molar-refractivity contribution < 1.29 is 4.79 Å². The Hall–Kier alpha value is -1.95. The highest BCUT2D eigenvalue weighted by molar-refractivity contribution is 7.13. The van der Waals surface area contributed by atoms with Gasteiger partial charge in [0.1, 0.15) is 5.51 Å². The molecule has 18 heavy (non-hydrogen) atoms. The summed E-state index contributed by atoms with van der Waals surface area (Å²) in [6.07, 6.45) is 0. The summed E-state index contributed by atoms with van der Waals surface area (Å²) in [6.45, 7) is 2.65. The highest BCUT2D eigenvalue weighted by atomic mass is 32.1. The third kappa shape index (κ3) is 3.53. The van der Waals surface area contributed by atoms with Crippen molar-refractivity contribution in [1.82, 2.24) is 15.5 Å². The van der Waals surface area contributed by atoms with Gasteiger partial charge in [0.2, 0.25) is 5.13 Å². The molecule has 0 saturated heterocycles. The summed E-state index contributed by atoms with van der Waals surface area (Å²) >= 11 is 1.29. The van der Waals surface area contributed by atoms with Gasteiger partial charge < -0.3 is 5.32 Å². The molecule has 2 amide bonds. The second-order valence-electron chi connectivity index (χ2n) is 3.89. The first-order valence-electron chi connectivity index (χ1n) is 5.61. The average molecular weight is 262 g/mol. The molecule has 2 N–H and O–H groups in total. The monoisotopic (exact) mass is 262 g/mol. The largest absolute Gasteiger partial charge is 0.337 e. The summed E-state index contributed by atoms with van der Waals surface area (Å²) in [5, 5.41) is 13.3. The maximum atomic E-state index is 11.6. The molecule has 0 aliphatic heterocycles. The molecular weight excluding hydrogens is 248 g/mol. The van der Waals surface area contributed by atoms with E-state index in [4.69, 9.17) is 0 Å². The van der Waals surface area contributed by atoms with E-state index >= 15 is 0 Å². The summed E-state index contributed by atoms with van der Waals surface area (Å²) in [4.78, 5) is 11.6. The summed E-state index contributed by atoms with van der Waals surface area (Å²) in [5.41, 5.74) is 2.77. The van der Waals surface area contributed by atoms with Crippen LogP contribution in [0.2, 0.25) is 0 Å². The standard InChI is InChI=1S/C12H14N4OS/c1-9(10-5-3-2-4-6-10)7-13-11(17)15-12-16-14-8-18-12/h2-6,8-9H,7H2,1H3,(H2,13,15,16,17). The number of hydrogen-bond donors (Lipinski definition) is 2. The molecule has 0 fully saturated rings. The third-order valence-corrected chi connectivity index (χ3v) is 3.12. The first-order chi connectivity index (χ1) is 8.75. The van der Waals surface area contributed by atoms with Crippen LogP contribution >= 0.6 is 11.3 Å². The van der Waals surface area contributed by atoms with Gasteiger partial charge in [0.25, 0.3) is 0 Å². The van der Waals surface area contributed by atoms with Crippen molar-refractivity contribution in [1.29, 1.82) is 0 Å². The predicted octanol–water partition coefficient (Wildman–Crippen LogP) is 2.46. The lowest BCUT2D eigenvalue weighted by atomic mass is 10.0. The second kappa shape index (κ2) is 6.11. The number of amides is 2. The number of nitrogens with one attached hydrogen (secondary N) is 2. The number of hydrogen-bond acceptors (Lipinski definition) is 4. The van der Waals surface area contributed by atoms with E-state index in [-0.39, 0.29) is 11.9 Å². The Morgan fingerprint density at radius 1 is 1.39 bits per heavy atom. The van der Waals surface area contributed by atoms with E-state index in [1.54, 1.807) is 5.51 Å². The van der Waals surface area contributed by atoms with Gasteiger partial charge in [0.15, 0.2) is 0 Å². The van der Waals surface area contributed by atoms with Crippen LogP contribution in [-0.4, -0.2) is 22.8 Å². The molecule has 94 valence electrons. The molecule has 1 unspecified atom stereocenters. The fourth-order valence-corrected chi connectivity index (χ4v) is 1.95. The highest BCUT2D eigenvalue weighted by Crippen LogP contribution is 2.13. The van der Waals surface area contributed by atoms with Gasteiger partial charge in [-0.05, 0) is 11.5 Å². The fraction of sp³-hybridized carbons (Fsp3) is 0.250. The Balaban J connectivity index is 1.79. The minimum Gasteiger partial charge on any atom is -0.337 e. The van der Waals surface area contributed by atoms with E-state index in [0.29, 0.717) is 11.7 Å². The quantitative estimate of drug-likeness (QED) is 0.889.